The molecule has 31 heavy (non-hydrogen) atoms. The Morgan fingerprint density at radius 1 is 1.06 bits per heavy atom. The van der Waals surface area contributed by atoms with Gasteiger partial charge in [0.15, 0.2) is 5.65 Å². The van der Waals surface area contributed by atoms with Gasteiger partial charge in [-0.3, -0.25) is 4.98 Å². The van der Waals surface area contributed by atoms with Gasteiger partial charge < -0.3 is 10.1 Å². The number of aromatic nitrogens is 6. The minimum atomic E-state index is 0.249. The van der Waals surface area contributed by atoms with Crippen LogP contribution in [0.2, 0.25) is 5.02 Å². The number of nitrogens with zero attached hydrogens (tertiary/aromatic N) is 6. The maximum absolute atomic E-state index is 6.04. The third-order valence-corrected chi connectivity index (χ3v) is 5.67. The number of fused-ring (bicyclic) bond motifs is 1. The molecular weight excluding hydrogens is 414 g/mol. The molecule has 0 radical (unpaired) electrons. The van der Waals surface area contributed by atoms with Crippen molar-refractivity contribution in [2.24, 2.45) is 0 Å². The van der Waals surface area contributed by atoms with Crippen molar-refractivity contribution in [2.45, 2.75) is 38.6 Å². The summed E-state index contributed by atoms with van der Waals surface area (Å²) in [6.07, 6.45) is 11.3. The van der Waals surface area contributed by atoms with Crippen molar-refractivity contribution in [3.8, 4) is 17.1 Å². The van der Waals surface area contributed by atoms with Gasteiger partial charge in [0, 0.05) is 31.5 Å². The summed E-state index contributed by atoms with van der Waals surface area (Å²) in [6.45, 7) is 5.84. The number of halogens is 1. The van der Waals surface area contributed by atoms with E-state index in [1.54, 1.807) is 23.0 Å². The standard InChI is InChI=1S/C22H24ClN7O/c1-14(2)28-19-8-18(21-12-25-22-7-17(23)10-27-30(21)22)24-11-20(19)29-13-16(9-26-29)15-3-5-31-6-4-15/h7-15H,3-6H2,1-2H3,(H,24,28). The first-order chi connectivity index (χ1) is 15.1. The van der Waals surface area contributed by atoms with Crippen molar-refractivity contribution in [1.29, 1.82) is 0 Å². The lowest BCUT2D eigenvalue weighted by atomic mass is 9.94. The summed E-state index contributed by atoms with van der Waals surface area (Å²) in [4.78, 5) is 9.12. The molecule has 0 spiro atoms. The molecule has 0 unspecified atom stereocenters. The average molecular weight is 438 g/mol. The number of nitrogens with one attached hydrogen (secondary N) is 1. The fraction of sp³-hybridized carbons (Fsp3) is 0.364. The van der Waals surface area contributed by atoms with Crippen LogP contribution in [0.3, 0.4) is 0 Å². The van der Waals surface area contributed by atoms with Gasteiger partial charge in [-0.15, -0.1) is 0 Å². The third-order valence-electron chi connectivity index (χ3n) is 5.46. The number of hydrogen-bond acceptors (Lipinski definition) is 6. The van der Waals surface area contributed by atoms with Gasteiger partial charge in [0.2, 0.25) is 0 Å². The summed E-state index contributed by atoms with van der Waals surface area (Å²) in [6, 6.07) is 4.05. The summed E-state index contributed by atoms with van der Waals surface area (Å²) in [7, 11) is 0. The molecule has 5 heterocycles. The Labute approximate surface area is 185 Å². The van der Waals surface area contributed by atoms with Crippen LogP contribution in [0.4, 0.5) is 5.69 Å². The van der Waals surface area contributed by atoms with Crippen LogP contribution in [0.1, 0.15) is 38.2 Å². The van der Waals surface area contributed by atoms with Gasteiger partial charge in [0.05, 0.1) is 41.2 Å². The summed E-state index contributed by atoms with van der Waals surface area (Å²) >= 11 is 6.04. The number of imidazole rings is 1. The Balaban J connectivity index is 1.53. The van der Waals surface area contributed by atoms with Gasteiger partial charge in [-0.1, -0.05) is 11.6 Å². The zero-order valence-electron chi connectivity index (χ0n) is 17.5. The summed E-state index contributed by atoms with van der Waals surface area (Å²) in [5, 5.41) is 13.1. The highest BCUT2D eigenvalue weighted by Crippen LogP contribution is 2.30. The largest absolute Gasteiger partial charge is 0.381 e. The lowest BCUT2D eigenvalue weighted by molar-refractivity contribution is 0.0853. The van der Waals surface area contributed by atoms with Gasteiger partial charge in [0.1, 0.15) is 11.4 Å². The van der Waals surface area contributed by atoms with E-state index in [0.717, 1.165) is 48.8 Å². The first-order valence-corrected chi connectivity index (χ1v) is 10.8. The van der Waals surface area contributed by atoms with E-state index in [4.69, 9.17) is 21.3 Å². The molecule has 4 aromatic heterocycles. The van der Waals surface area contributed by atoms with Crippen molar-refractivity contribution in [3.05, 3.63) is 53.7 Å². The molecule has 5 rings (SSSR count). The molecule has 0 aliphatic carbocycles. The van der Waals surface area contributed by atoms with Crippen LogP contribution in [-0.4, -0.2) is 48.6 Å². The molecule has 0 bridgehead atoms. The first-order valence-electron chi connectivity index (χ1n) is 10.5. The van der Waals surface area contributed by atoms with E-state index in [1.807, 2.05) is 23.1 Å². The highest BCUT2D eigenvalue weighted by molar-refractivity contribution is 6.30. The molecule has 160 valence electrons. The molecule has 1 N–H and O–H groups in total. The van der Waals surface area contributed by atoms with Crippen molar-refractivity contribution in [3.63, 3.8) is 0 Å². The fourth-order valence-corrected chi connectivity index (χ4v) is 4.08. The highest BCUT2D eigenvalue weighted by atomic mass is 35.5. The van der Waals surface area contributed by atoms with Crippen LogP contribution in [0, 0.1) is 0 Å². The molecule has 0 atom stereocenters. The summed E-state index contributed by atoms with van der Waals surface area (Å²) in [5.41, 5.74) is 5.34. The Morgan fingerprint density at radius 2 is 1.90 bits per heavy atom. The van der Waals surface area contributed by atoms with Crippen molar-refractivity contribution >= 4 is 22.9 Å². The Morgan fingerprint density at radius 3 is 2.71 bits per heavy atom. The number of rotatable bonds is 5. The molecule has 1 fully saturated rings. The SMILES string of the molecule is CC(C)Nc1cc(-c2cnc3cc(Cl)cnn23)ncc1-n1cc(C2CCOCC2)cn1. The third kappa shape index (κ3) is 4.00. The number of pyridine rings is 1. The molecule has 4 aromatic rings. The Kier molecular flexibility index (Phi) is 5.33. The van der Waals surface area contributed by atoms with E-state index >= 15 is 0 Å². The molecule has 0 aromatic carbocycles. The predicted molar refractivity (Wildman–Crippen MR) is 120 cm³/mol. The fourth-order valence-electron chi connectivity index (χ4n) is 3.94. The molecule has 1 saturated heterocycles. The van der Waals surface area contributed by atoms with E-state index < -0.39 is 0 Å². The van der Waals surface area contributed by atoms with Crippen LogP contribution in [0.15, 0.2) is 43.1 Å². The molecule has 0 saturated carbocycles. The zero-order chi connectivity index (χ0) is 21.4. The molecule has 1 aliphatic heterocycles. The van der Waals surface area contributed by atoms with Gasteiger partial charge >= 0.3 is 0 Å². The first kappa shape index (κ1) is 20.0. The maximum atomic E-state index is 6.04. The molecule has 1 aliphatic rings. The summed E-state index contributed by atoms with van der Waals surface area (Å²) < 4.78 is 9.14. The van der Waals surface area contributed by atoms with Crippen molar-refractivity contribution < 1.29 is 4.74 Å². The van der Waals surface area contributed by atoms with E-state index in [1.165, 1.54) is 5.56 Å². The number of ether oxygens (including phenoxy) is 1. The lowest BCUT2D eigenvalue weighted by Crippen LogP contribution is -2.14. The van der Waals surface area contributed by atoms with E-state index in [2.05, 4.69) is 40.5 Å². The highest BCUT2D eigenvalue weighted by Gasteiger charge is 2.19. The normalized spacial score (nSPS) is 15.1. The Hall–Kier alpha value is -2.97. The van der Waals surface area contributed by atoms with Gasteiger partial charge in [-0.05, 0) is 44.2 Å². The number of anilines is 1. The smallest absolute Gasteiger partial charge is 0.155 e. The molecular formula is C22H24ClN7O. The molecule has 8 nitrogen and oxygen atoms in total. The van der Waals surface area contributed by atoms with E-state index in [9.17, 15) is 0 Å². The van der Waals surface area contributed by atoms with E-state index in [0.29, 0.717) is 16.6 Å². The van der Waals surface area contributed by atoms with E-state index in [-0.39, 0.29) is 6.04 Å². The average Bonchev–Trinajstić information content (AvgIpc) is 3.41. The predicted octanol–water partition coefficient (Wildman–Crippen LogP) is 4.34. The second kappa shape index (κ2) is 8.28. The van der Waals surface area contributed by atoms with Crippen LogP contribution in [0.25, 0.3) is 22.7 Å². The molecule has 9 heteroatoms. The maximum Gasteiger partial charge on any atom is 0.155 e. The minimum Gasteiger partial charge on any atom is -0.381 e. The second-order valence-corrected chi connectivity index (χ2v) is 8.51. The van der Waals surface area contributed by atoms with Crippen LogP contribution >= 0.6 is 11.6 Å². The van der Waals surface area contributed by atoms with Crippen molar-refractivity contribution in [1.82, 2.24) is 29.4 Å². The molecule has 0 amide bonds. The monoisotopic (exact) mass is 437 g/mol. The second-order valence-electron chi connectivity index (χ2n) is 8.08. The van der Waals surface area contributed by atoms with Crippen LogP contribution < -0.4 is 5.32 Å². The van der Waals surface area contributed by atoms with Gasteiger partial charge in [-0.2, -0.15) is 10.2 Å². The summed E-state index contributed by atoms with van der Waals surface area (Å²) in [5.74, 6) is 0.493. The lowest BCUT2D eigenvalue weighted by Gasteiger charge is -2.20. The Bertz CT molecular complexity index is 1210. The van der Waals surface area contributed by atoms with Crippen molar-refractivity contribution in [2.75, 3.05) is 18.5 Å². The van der Waals surface area contributed by atoms with Crippen LogP contribution in [0.5, 0.6) is 0 Å². The van der Waals surface area contributed by atoms with Gasteiger partial charge in [0.25, 0.3) is 0 Å². The minimum absolute atomic E-state index is 0.249. The zero-order valence-corrected chi connectivity index (χ0v) is 18.3. The van der Waals surface area contributed by atoms with Crippen LogP contribution in [-0.2, 0) is 4.74 Å². The number of hydrogen-bond donors (Lipinski definition) is 1. The quantitative estimate of drug-likeness (QED) is 0.500. The topological polar surface area (TPSA) is 82.2 Å². The van der Waals surface area contributed by atoms with Gasteiger partial charge in [-0.25, -0.2) is 14.2 Å².